The fraction of sp³-hybridized carbons (Fsp3) is 0.333. The van der Waals surface area contributed by atoms with Crippen molar-refractivity contribution < 1.29 is 9.59 Å². The molecule has 0 bridgehead atoms. The Labute approximate surface area is 193 Å². The van der Waals surface area contributed by atoms with Gasteiger partial charge in [-0.3, -0.25) is 9.59 Å². The van der Waals surface area contributed by atoms with Gasteiger partial charge in [-0.2, -0.15) is 0 Å². The van der Waals surface area contributed by atoms with E-state index in [1.807, 2.05) is 75.7 Å². The molecule has 8 heteroatoms. The van der Waals surface area contributed by atoms with Crippen LogP contribution in [-0.4, -0.2) is 32.3 Å². The first-order valence-corrected chi connectivity index (χ1v) is 11.5. The normalized spacial score (nSPS) is 11.9. The van der Waals surface area contributed by atoms with Gasteiger partial charge in [-0.05, 0) is 43.5 Å². The van der Waals surface area contributed by atoms with Crippen molar-refractivity contribution in [1.29, 1.82) is 0 Å². The van der Waals surface area contributed by atoms with Gasteiger partial charge in [0.2, 0.25) is 5.91 Å². The predicted molar refractivity (Wildman–Crippen MR) is 128 cm³/mol. The lowest BCUT2D eigenvalue weighted by molar-refractivity contribution is -0.113. The van der Waals surface area contributed by atoms with Gasteiger partial charge in [0.1, 0.15) is 0 Å². The van der Waals surface area contributed by atoms with Crippen LogP contribution in [0.25, 0.3) is 0 Å². The van der Waals surface area contributed by atoms with Crippen LogP contribution in [0.3, 0.4) is 0 Å². The van der Waals surface area contributed by atoms with Crippen LogP contribution in [-0.2, 0) is 11.8 Å². The van der Waals surface area contributed by atoms with Crippen LogP contribution in [0.2, 0.25) is 0 Å². The van der Waals surface area contributed by atoms with Gasteiger partial charge in [-0.1, -0.05) is 61.5 Å². The summed E-state index contributed by atoms with van der Waals surface area (Å²) in [6.45, 7) is 8.04. The molecule has 1 heterocycles. The lowest BCUT2D eigenvalue weighted by Gasteiger charge is -2.21. The summed E-state index contributed by atoms with van der Waals surface area (Å²) < 4.78 is 1.84. The van der Waals surface area contributed by atoms with Gasteiger partial charge in [0.15, 0.2) is 11.0 Å². The summed E-state index contributed by atoms with van der Waals surface area (Å²) in [4.78, 5) is 25.1. The van der Waals surface area contributed by atoms with Gasteiger partial charge in [0.25, 0.3) is 5.91 Å². The molecule has 32 heavy (non-hydrogen) atoms. The predicted octanol–water partition coefficient (Wildman–Crippen LogP) is 4.29. The van der Waals surface area contributed by atoms with E-state index in [4.69, 9.17) is 0 Å². The van der Waals surface area contributed by atoms with E-state index in [1.165, 1.54) is 11.8 Å². The fourth-order valence-electron chi connectivity index (χ4n) is 3.34. The SMILES string of the molecule is Cc1ccc(NC(=O)CSc2nnc(C(NC(=O)c3ccccc3)C(C)C)n2C)c(C)c1. The monoisotopic (exact) mass is 451 g/mol. The first-order valence-electron chi connectivity index (χ1n) is 10.5. The highest BCUT2D eigenvalue weighted by Gasteiger charge is 2.25. The van der Waals surface area contributed by atoms with Crippen LogP contribution in [0.4, 0.5) is 5.69 Å². The lowest BCUT2D eigenvalue weighted by atomic mass is 10.0. The number of hydrogen-bond donors (Lipinski definition) is 2. The number of hydrogen-bond acceptors (Lipinski definition) is 5. The van der Waals surface area contributed by atoms with E-state index >= 15 is 0 Å². The molecule has 2 aromatic carbocycles. The highest BCUT2D eigenvalue weighted by Crippen LogP contribution is 2.25. The molecule has 1 aromatic heterocycles. The highest BCUT2D eigenvalue weighted by atomic mass is 32.2. The van der Waals surface area contributed by atoms with Crippen molar-refractivity contribution in [2.45, 2.75) is 38.9 Å². The van der Waals surface area contributed by atoms with Crippen LogP contribution in [0.5, 0.6) is 0 Å². The number of benzene rings is 2. The molecule has 0 spiro atoms. The summed E-state index contributed by atoms with van der Waals surface area (Å²) in [7, 11) is 1.85. The first-order chi connectivity index (χ1) is 15.3. The van der Waals surface area contributed by atoms with Crippen molar-refractivity contribution in [3.63, 3.8) is 0 Å². The average Bonchev–Trinajstić information content (AvgIpc) is 3.12. The third kappa shape index (κ3) is 5.76. The Morgan fingerprint density at radius 2 is 1.78 bits per heavy atom. The molecule has 0 aliphatic rings. The summed E-state index contributed by atoms with van der Waals surface area (Å²) in [5.41, 5.74) is 3.58. The minimum absolute atomic E-state index is 0.107. The molecule has 3 aromatic rings. The molecule has 1 atom stereocenters. The number of thioether (sulfide) groups is 1. The van der Waals surface area contributed by atoms with Crippen LogP contribution < -0.4 is 10.6 Å². The molecule has 0 aliphatic heterocycles. The molecule has 2 N–H and O–H groups in total. The molecule has 3 rings (SSSR count). The van der Waals surface area contributed by atoms with E-state index in [-0.39, 0.29) is 29.5 Å². The number of anilines is 1. The number of carbonyl (C=O) groups excluding carboxylic acids is 2. The van der Waals surface area contributed by atoms with Crippen LogP contribution in [0.1, 0.15) is 47.2 Å². The summed E-state index contributed by atoms with van der Waals surface area (Å²) in [5, 5.41) is 15.2. The lowest BCUT2D eigenvalue weighted by Crippen LogP contribution is -2.33. The molecule has 168 valence electrons. The molecule has 0 radical (unpaired) electrons. The maximum absolute atomic E-state index is 12.7. The molecular formula is C24H29N5O2S. The third-order valence-corrected chi connectivity index (χ3v) is 6.14. The average molecular weight is 452 g/mol. The maximum Gasteiger partial charge on any atom is 0.251 e. The second-order valence-corrected chi connectivity index (χ2v) is 9.06. The van der Waals surface area contributed by atoms with Crippen molar-refractivity contribution in [2.24, 2.45) is 13.0 Å². The van der Waals surface area contributed by atoms with Gasteiger partial charge < -0.3 is 15.2 Å². The first kappa shape index (κ1) is 23.5. The minimum atomic E-state index is -0.307. The Bertz CT molecular complexity index is 1100. The molecule has 0 fully saturated rings. The summed E-state index contributed by atoms with van der Waals surface area (Å²) in [6.07, 6.45) is 0. The van der Waals surface area contributed by atoms with Crippen LogP contribution in [0, 0.1) is 19.8 Å². The van der Waals surface area contributed by atoms with Crippen molar-refractivity contribution in [3.8, 4) is 0 Å². The third-order valence-electron chi connectivity index (χ3n) is 5.12. The Morgan fingerprint density at radius 3 is 2.44 bits per heavy atom. The Hall–Kier alpha value is -3.13. The molecule has 7 nitrogen and oxygen atoms in total. The molecular weight excluding hydrogens is 422 g/mol. The Kier molecular flexibility index (Phi) is 7.69. The van der Waals surface area contributed by atoms with Crippen molar-refractivity contribution in [3.05, 3.63) is 71.0 Å². The van der Waals surface area contributed by atoms with E-state index < -0.39 is 0 Å². The molecule has 0 saturated carbocycles. The number of amides is 2. The van der Waals surface area contributed by atoms with Crippen molar-refractivity contribution in [2.75, 3.05) is 11.1 Å². The molecule has 1 unspecified atom stereocenters. The fourth-order valence-corrected chi connectivity index (χ4v) is 4.05. The van der Waals surface area contributed by atoms with Gasteiger partial charge in [-0.25, -0.2) is 0 Å². The van der Waals surface area contributed by atoms with Crippen LogP contribution >= 0.6 is 11.8 Å². The van der Waals surface area contributed by atoms with E-state index in [1.54, 1.807) is 12.1 Å². The molecule has 0 saturated heterocycles. The molecule has 2 amide bonds. The highest BCUT2D eigenvalue weighted by molar-refractivity contribution is 7.99. The Balaban J connectivity index is 1.66. The zero-order chi connectivity index (χ0) is 23.3. The Morgan fingerprint density at radius 1 is 1.06 bits per heavy atom. The van der Waals surface area contributed by atoms with Gasteiger partial charge in [-0.15, -0.1) is 10.2 Å². The number of carbonyl (C=O) groups is 2. The number of nitrogens with zero attached hydrogens (tertiary/aromatic N) is 3. The smallest absolute Gasteiger partial charge is 0.251 e. The number of nitrogens with one attached hydrogen (secondary N) is 2. The maximum atomic E-state index is 12.7. The number of rotatable bonds is 8. The zero-order valence-electron chi connectivity index (χ0n) is 19.0. The van der Waals surface area contributed by atoms with E-state index in [0.29, 0.717) is 16.5 Å². The van der Waals surface area contributed by atoms with Crippen LogP contribution in [0.15, 0.2) is 53.7 Å². The zero-order valence-corrected chi connectivity index (χ0v) is 19.9. The number of aromatic nitrogens is 3. The minimum Gasteiger partial charge on any atom is -0.342 e. The van der Waals surface area contributed by atoms with Gasteiger partial charge >= 0.3 is 0 Å². The molecule has 0 aliphatic carbocycles. The van der Waals surface area contributed by atoms with Crippen molar-refractivity contribution >= 4 is 29.3 Å². The topological polar surface area (TPSA) is 88.9 Å². The summed E-state index contributed by atoms with van der Waals surface area (Å²) in [5.74, 6) is 0.707. The second kappa shape index (κ2) is 10.5. The van der Waals surface area contributed by atoms with Gasteiger partial charge in [0.05, 0.1) is 11.8 Å². The summed E-state index contributed by atoms with van der Waals surface area (Å²) in [6, 6.07) is 14.7. The summed E-state index contributed by atoms with van der Waals surface area (Å²) >= 11 is 1.31. The standard InChI is InChI=1S/C24H29N5O2S/c1-15(2)21(26-23(31)18-9-7-6-8-10-18)22-27-28-24(29(22)5)32-14-20(30)25-19-12-11-16(3)13-17(19)4/h6-13,15,21H,14H2,1-5H3,(H,25,30)(H,26,31). The second-order valence-electron chi connectivity index (χ2n) is 8.12. The largest absolute Gasteiger partial charge is 0.342 e. The number of aryl methyl sites for hydroxylation is 2. The van der Waals surface area contributed by atoms with E-state index in [0.717, 1.165) is 16.8 Å². The van der Waals surface area contributed by atoms with E-state index in [9.17, 15) is 9.59 Å². The van der Waals surface area contributed by atoms with Crippen molar-refractivity contribution in [1.82, 2.24) is 20.1 Å². The van der Waals surface area contributed by atoms with Gasteiger partial charge in [0, 0.05) is 18.3 Å². The quantitative estimate of drug-likeness (QED) is 0.499. The van der Waals surface area contributed by atoms with E-state index in [2.05, 4.69) is 20.8 Å².